The molecule has 0 radical (unpaired) electrons. The highest BCUT2D eigenvalue weighted by molar-refractivity contribution is 5.98. The van der Waals surface area contributed by atoms with E-state index in [4.69, 9.17) is 4.98 Å². The predicted octanol–water partition coefficient (Wildman–Crippen LogP) is 5.61. The largest absolute Gasteiger partial charge is 0.508 e. The summed E-state index contributed by atoms with van der Waals surface area (Å²) >= 11 is 0. The van der Waals surface area contributed by atoms with E-state index in [9.17, 15) is 5.11 Å². The van der Waals surface area contributed by atoms with Gasteiger partial charge < -0.3 is 5.11 Å². The topological polar surface area (TPSA) is 70.4 Å². The Bertz CT molecular complexity index is 1150. The molecule has 5 heteroatoms. The van der Waals surface area contributed by atoms with Gasteiger partial charge in [0.05, 0.1) is 11.2 Å². The Morgan fingerprint density at radius 1 is 1.11 bits per heavy atom. The summed E-state index contributed by atoms with van der Waals surface area (Å²) in [5, 5.41) is 15.2. The van der Waals surface area contributed by atoms with Crippen LogP contribution in [0.2, 0.25) is 0 Å². The number of aryl methyl sites for hydroxylation is 1. The van der Waals surface area contributed by atoms with E-state index >= 15 is 0 Å². The van der Waals surface area contributed by atoms with E-state index in [1.807, 2.05) is 43.5 Å². The van der Waals surface area contributed by atoms with Crippen LogP contribution in [0.25, 0.3) is 33.3 Å². The number of nitrogens with one attached hydrogen (secondary N) is 1. The highest BCUT2D eigenvalue weighted by Gasteiger charge is 2.21. The third kappa shape index (κ3) is 3.16. The van der Waals surface area contributed by atoms with Gasteiger partial charge in [-0.2, -0.15) is 5.10 Å². The molecule has 28 heavy (non-hydrogen) atoms. The fourth-order valence-corrected chi connectivity index (χ4v) is 3.30. The van der Waals surface area contributed by atoms with E-state index in [1.54, 1.807) is 12.1 Å². The molecular formula is C23H22N4O. The van der Waals surface area contributed by atoms with Crippen LogP contribution < -0.4 is 5.43 Å². The van der Waals surface area contributed by atoms with Gasteiger partial charge in [-0.25, -0.2) is 9.97 Å². The monoisotopic (exact) mass is 370 g/mol. The summed E-state index contributed by atoms with van der Waals surface area (Å²) in [4.78, 5) is 9.56. The molecule has 2 aliphatic heterocycles. The van der Waals surface area contributed by atoms with Crippen LogP contribution in [-0.2, 0) is 0 Å². The second-order valence-electron chi connectivity index (χ2n) is 6.86. The summed E-state index contributed by atoms with van der Waals surface area (Å²) in [6.45, 7) is 6.16. The third-order valence-corrected chi connectivity index (χ3v) is 5.00. The number of hydrogen-bond acceptors (Lipinski definition) is 5. The van der Waals surface area contributed by atoms with Crippen molar-refractivity contribution in [2.45, 2.75) is 27.2 Å². The smallest absolute Gasteiger partial charge is 0.154 e. The summed E-state index contributed by atoms with van der Waals surface area (Å²) in [5.41, 5.74) is 9.87. The van der Waals surface area contributed by atoms with Crippen molar-refractivity contribution in [3.8, 4) is 28.1 Å². The molecule has 0 amide bonds. The van der Waals surface area contributed by atoms with Crippen LogP contribution in [0.15, 0.2) is 59.8 Å². The van der Waals surface area contributed by atoms with Crippen LogP contribution in [-0.4, -0.2) is 20.8 Å². The molecule has 4 rings (SSSR count). The van der Waals surface area contributed by atoms with Crippen LogP contribution in [0.3, 0.4) is 0 Å². The summed E-state index contributed by atoms with van der Waals surface area (Å²) in [5.74, 6) is 0.956. The SMILES string of the molecule is CCC(C)=NNc1ncc2c(-c3ccc(O)cc3)nc3ccccc3c(C)c1-2. The van der Waals surface area contributed by atoms with Crippen molar-refractivity contribution >= 4 is 22.4 Å². The molecule has 0 spiro atoms. The minimum absolute atomic E-state index is 0.230. The fraction of sp³-hybridized carbons (Fsp3) is 0.174. The number of aromatic nitrogens is 2. The van der Waals surface area contributed by atoms with E-state index in [1.165, 1.54) is 0 Å². The first-order chi connectivity index (χ1) is 13.6. The second-order valence-corrected chi connectivity index (χ2v) is 6.86. The summed E-state index contributed by atoms with van der Waals surface area (Å²) in [7, 11) is 0. The second kappa shape index (κ2) is 7.27. The van der Waals surface area contributed by atoms with Crippen molar-refractivity contribution in [3.63, 3.8) is 0 Å². The van der Waals surface area contributed by atoms with Crippen molar-refractivity contribution < 1.29 is 5.11 Å². The zero-order chi connectivity index (χ0) is 19.7. The van der Waals surface area contributed by atoms with Crippen molar-refractivity contribution in [3.05, 3.63) is 60.3 Å². The van der Waals surface area contributed by atoms with Crippen molar-refractivity contribution in [1.82, 2.24) is 9.97 Å². The lowest BCUT2D eigenvalue weighted by Gasteiger charge is -2.07. The van der Waals surface area contributed by atoms with Crippen LogP contribution >= 0.6 is 0 Å². The molecule has 0 atom stereocenters. The molecule has 2 heterocycles. The number of phenols is 1. The molecule has 2 aromatic carbocycles. The van der Waals surface area contributed by atoms with Gasteiger partial charge in [0.15, 0.2) is 5.82 Å². The quantitative estimate of drug-likeness (QED) is 0.362. The van der Waals surface area contributed by atoms with Crippen LogP contribution in [0.1, 0.15) is 25.8 Å². The number of aromatic hydroxyl groups is 1. The Balaban J connectivity index is 2.01. The number of para-hydroxylation sites is 1. The molecule has 2 N–H and O–H groups in total. The Kier molecular flexibility index (Phi) is 4.65. The Morgan fingerprint density at radius 3 is 2.61 bits per heavy atom. The molecular weight excluding hydrogens is 348 g/mol. The summed E-state index contributed by atoms with van der Waals surface area (Å²) < 4.78 is 0. The summed E-state index contributed by atoms with van der Waals surface area (Å²) in [6, 6.07) is 15.2. The lowest BCUT2D eigenvalue weighted by Crippen LogP contribution is -1.97. The van der Waals surface area contributed by atoms with Gasteiger partial charge in [0.1, 0.15) is 5.75 Å². The maximum Gasteiger partial charge on any atom is 0.154 e. The molecule has 0 saturated heterocycles. The Labute approximate surface area is 164 Å². The molecule has 0 fully saturated rings. The average molecular weight is 370 g/mol. The van der Waals surface area contributed by atoms with Gasteiger partial charge in [-0.05, 0) is 56.2 Å². The molecule has 2 aliphatic rings. The Morgan fingerprint density at radius 2 is 1.86 bits per heavy atom. The molecule has 0 saturated carbocycles. The molecule has 2 aromatic rings. The first-order valence-corrected chi connectivity index (χ1v) is 9.35. The molecule has 5 nitrogen and oxygen atoms in total. The number of benzene rings is 2. The summed E-state index contributed by atoms with van der Waals surface area (Å²) in [6.07, 6.45) is 2.72. The van der Waals surface area contributed by atoms with Crippen LogP contribution in [0, 0.1) is 6.92 Å². The molecule has 0 aliphatic carbocycles. The Hall–Kier alpha value is -3.47. The van der Waals surface area contributed by atoms with Gasteiger partial charge in [-0.1, -0.05) is 25.1 Å². The fourth-order valence-electron chi connectivity index (χ4n) is 3.30. The first kappa shape index (κ1) is 17.9. The number of nitrogens with zero attached hydrogens (tertiary/aromatic N) is 3. The highest BCUT2D eigenvalue weighted by Crippen LogP contribution is 2.41. The number of hydrazone groups is 1. The van der Waals surface area contributed by atoms with Gasteiger partial charge in [0.2, 0.25) is 0 Å². The molecule has 0 aromatic heterocycles. The minimum Gasteiger partial charge on any atom is -0.508 e. The van der Waals surface area contributed by atoms with E-state index in [0.717, 1.165) is 56.8 Å². The molecule has 140 valence electrons. The van der Waals surface area contributed by atoms with Gasteiger partial charge in [-0.3, -0.25) is 5.43 Å². The van der Waals surface area contributed by atoms with Crippen LogP contribution in [0.5, 0.6) is 5.75 Å². The molecule has 0 bridgehead atoms. The van der Waals surface area contributed by atoms with Crippen molar-refractivity contribution in [2.75, 3.05) is 5.43 Å². The maximum absolute atomic E-state index is 9.67. The maximum atomic E-state index is 9.67. The average Bonchev–Trinajstić information content (AvgIpc) is 3.09. The third-order valence-electron chi connectivity index (χ3n) is 5.00. The number of rotatable bonds is 4. The number of phenolic OH excluding ortho intramolecular Hbond substituents is 1. The van der Waals surface area contributed by atoms with E-state index in [2.05, 4.69) is 35.4 Å². The molecule has 0 unspecified atom stereocenters. The zero-order valence-corrected chi connectivity index (χ0v) is 16.2. The number of fused-ring (bicyclic) bond motifs is 2. The number of hydrogen-bond donors (Lipinski definition) is 2. The predicted molar refractivity (Wildman–Crippen MR) is 115 cm³/mol. The van der Waals surface area contributed by atoms with Crippen LogP contribution in [0.4, 0.5) is 5.82 Å². The van der Waals surface area contributed by atoms with E-state index < -0.39 is 0 Å². The number of anilines is 1. The van der Waals surface area contributed by atoms with Crippen molar-refractivity contribution in [1.29, 1.82) is 0 Å². The van der Waals surface area contributed by atoms with Gasteiger partial charge in [0.25, 0.3) is 0 Å². The lowest BCUT2D eigenvalue weighted by molar-refractivity contribution is 0.475. The van der Waals surface area contributed by atoms with Gasteiger partial charge in [0, 0.05) is 34.0 Å². The van der Waals surface area contributed by atoms with E-state index in [-0.39, 0.29) is 5.75 Å². The highest BCUT2D eigenvalue weighted by atomic mass is 16.3. The van der Waals surface area contributed by atoms with Crippen molar-refractivity contribution in [2.24, 2.45) is 5.10 Å². The lowest BCUT2D eigenvalue weighted by atomic mass is 9.99. The van der Waals surface area contributed by atoms with Gasteiger partial charge >= 0.3 is 0 Å². The first-order valence-electron chi connectivity index (χ1n) is 9.35. The minimum atomic E-state index is 0.230. The van der Waals surface area contributed by atoms with E-state index in [0.29, 0.717) is 0 Å². The standard InChI is InChI=1S/C23H22N4O/c1-4-14(2)26-27-23-21-15(3)18-7-5-6-8-20(18)25-22(19(21)13-24-23)16-9-11-17(28)12-10-16/h5-13,28H,4H2,1-3H3,(H,24,27). The van der Waals surface area contributed by atoms with Gasteiger partial charge in [-0.15, -0.1) is 0 Å². The normalized spacial score (nSPS) is 11.9. The zero-order valence-electron chi connectivity index (χ0n) is 16.2.